The van der Waals surface area contributed by atoms with Crippen LogP contribution in [0.3, 0.4) is 0 Å². The van der Waals surface area contributed by atoms with E-state index in [1.54, 1.807) is 11.3 Å². The summed E-state index contributed by atoms with van der Waals surface area (Å²) in [7, 11) is 0. The number of benzene rings is 1. The zero-order valence-corrected chi connectivity index (χ0v) is 18.3. The van der Waals surface area contributed by atoms with E-state index in [1.807, 2.05) is 12.1 Å². The molecule has 1 aromatic heterocycles. The summed E-state index contributed by atoms with van der Waals surface area (Å²) in [6.45, 7) is 7.05. The van der Waals surface area contributed by atoms with Gasteiger partial charge in [0, 0.05) is 25.6 Å². The molecule has 1 aliphatic heterocycles. The van der Waals surface area contributed by atoms with Gasteiger partial charge in [0.25, 0.3) is 0 Å². The number of halogens is 1. The molecule has 0 radical (unpaired) electrons. The molecule has 0 aliphatic carbocycles. The molecule has 2 heterocycles. The van der Waals surface area contributed by atoms with Crippen LogP contribution in [0.25, 0.3) is 0 Å². The molecule has 0 saturated carbocycles. The van der Waals surface area contributed by atoms with Crippen LogP contribution < -0.4 is 20.1 Å². The second-order valence-corrected chi connectivity index (χ2v) is 6.82. The van der Waals surface area contributed by atoms with Gasteiger partial charge < -0.3 is 20.1 Å². The number of hydrogen-bond donors (Lipinski definition) is 2. The molecule has 1 aromatic carbocycles. The molecule has 26 heavy (non-hydrogen) atoms. The number of thiophene rings is 1. The number of rotatable bonds is 7. The van der Waals surface area contributed by atoms with Crippen LogP contribution in [0, 0.1) is 0 Å². The van der Waals surface area contributed by atoms with Crippen molar-refractivity contribution < 1.29 is 9.47 Å². The molecule has 0 spiro atoms. The quantitative estimate of drug-likeness (QED) is 0.352. The Morgan fingerprint density at radius 3 is 2.85 bits per heavy atom. The Balaban J connectivity index is 0.00000243. The highest BCUT2D eigenvalue weighted by Crippen LogP contribution is 2.32. The third kappa shape index (κ3) is 5.77. The molecule has 0 fully saturated rings. The number of hydrogen-bond acceptors (Lipinski definition) is 4. The van der Waals surface area contributed by atoms with Crippen molar-refractivity contribution in [3.8, 4) is 11.5 Å². The first kappa shape index (κ1) is 20.8. The number of nitrogens with one attached hydrogen (secondary N) is 2. The van der Waals surface area contributed by atoms with Crippen LogP contribution in [0.2, 0.25) is 0 Å². The molecule has 7 heteroatoms. The highest BCUT2D eigenvalue weighted by atomic mass is 127. The van der Waals surface area contributed by atoms with E-state index in [1.165, 1.54) is 11.1 Å². The van der Waals surface area contributed by atoms with Crippen LogP contribution in [0.1, 0.15) is 30.9 Å². The highest BCUT2D eigenvalue weighted by Gasteiger charge is 2.13. The fourth-order valence-electron chi connectivity index (χ4n) is 2.65. The summed E-state index contributed by atoms with van der Waals surface area (Å²) < 4.78 is 10.8. The zero-order chi connectivity index (χ0) is 17.5. The van der Waals surface area contributed by atoms with Crippen LogP contribution >= 0.6 is 35.3 Å². The Kier molecular flexibility index (Phi) is 8.50. The van der Waals surface area contributed by atoms with Crippen LogP contribution in [0.4, 0.5) is 0 Å². The van der Waals surface area contributed by atoms with E-state index in [2.05, 4.69) is 47.4 Å². The Morgan fingerprint density at radius 2 is 2.08 bits per heavy atom. The maximum absolute atomic E-state index is 5.43. The largest absolute Gasteiger partial charge is 0.454 e. The van der Waals surface area contributed by atoms with Gasteiger partial charge >= 0.3 is 0 Å². The Bertz CT molecular complexity index is 707. The van der Waals surface area contributed by atoms with Gasteiger partial charge in [-0.1, -0.05) is 13.0 Å². The van der Waals surface area contributed by atoms with Crippen LogP contribution in [0.15, 0.2) is 40.0 Å². The molecule has 2 aromatic rings. The van der Waals surface area contributed by atoms with Gasteiger partial charge in [-0.15, -0.1) is 24.0 Å². The summed E-state index contributed by atoms with van der Waals surface area (Å²) in [5.41, 5.74) is 2.57. The summed E-state index contributed by atoms with van der Waals surface area (Å²) in [5.74, 6) is 2.96. The lowest BCUT2D eigenvalue weighted by Gasteiger charge is -2.13. The van der Waals surface area contributed by atoms with E-state index < -0.39 is 0 Å². The number of guanidine groups is 1. The minimum atomic E-state index is 0. The van der Waals surface area contributed by atoms with Gasteiger partial charge in [0.15, 0.2) is 17.5 Å². The molecular weight excluding hydrogens is 461 g/mol. The van der Waals surface area contributed by atoms with Crippen molar-refractivity contribution in [3.63, 3.8) is 0 Å². The smallest absolute Gasteiger partial charge is 0.231 e. The van der Waals surface area contributed by atoms with Crippen molar-refractivity contribution >= 4 is 41.3 Å². The summed E-state index contributed by atoms with van der Waals surface area (Å²) >= 11 is 1.73. The van der Waals surface area contributed by atoms with Crippen molar-refractivity contribution in [1.82, 2.24) is 10.6 Å². The second kappa shape index (κ2) is 10.6. The predicted octanol–water partition coefficient (Wildman–Crippen LogP) is 4.00. The minimum absolute atomic E-state index is 0. The summed E-state index contributed by atoms with van der Waals surface area (Å²) in [4.78, 5) is 4.71. The molecular formula is C19H26IN3O2S. The number of fused-ring (bicyclic) bond motifs is 1. The molecule has 5 nitrogen and oxygen atoms in total. The van der Waals surface area contributed by atoms with Gasteiger partial charge in [-0.3, -0.25) is 4.99 Å². The lowest BCUT2D eigenvalue weighted by Crippen LogP contribution is -2.38. The predicted molar refractivity (Wildman–Crippen MR) is 118 cm³/mol. The van der Waals surface area contributed by atoms with Gasteiger partial charge in [-0.05, 0) is 53.4 Å². The topological polar surface area (TPSA) is 54.9 Å². The van der Waals surface area contributed by atoms with Crippen molar-refractivity contribution in [1.29, 1.82) is 0 Å². The molecule has 0 saturated heterocycles. The second-order valence-electron chi connectivity index (χ2n) is 6.04. The zero-order valence-electron chi connectivity index (χ0n) is 15.2. The maximum Gasteiger partial charge on any atom is 0.231 e. The van der Waals surface area contributed by atoms with E-state index in [4.69, 9.17) is 14.5 Å². The van der Waals surface area contributed by atoms with Gasteiger partial charge in [-0.25, -0.2) is 0 Å². The van der Waals surface area contributed by atoms with Crippen molar-refractivity contribution in [2.75, 3.05) is 26.4 Å². The summed E-state index contributed by atoms with van der Waals surface area (Å²) in [6, 6.07) is 8.27. The molecule has 0 bridgehead atoms. The van der Waals surface area contributed by atoms with Crippen LogP contribution in [-0.2, 0) is 6.42 Å². The molecule has 1 atom stereocenters. The summed E-state index contributed by atoms with van der Waals surface area (Å²) in [6.07, 6.45) is 0.904. The van der Waals surface area contributed by atoms with Gasteiger partial charge in [0.05, 0.1) is 0 Å². The summed E-state index contributed by atoms with van der Waals surface area (Å²) in [5, 5.41) is 11.0. The minimum Gasteiger partial charge on any atom is -0.454 e. The number of aliphatic imine (C=N–C) groups is 1. The standard InChI is InChI=1S/C19H25N3O2S.HI/c1-3-20-19(22-11-14(2)16-7-9-25-12-16)21-8-6-15-4-5-17-18(10-15)24-13-23-17;/h4-5,7,9-10,12,14H,3,6,8,11,13H2,1-2H3,(H2,20,21,22);1H. The SMILES string of the molecule is CCNC(=NCC(C)c1ccsc1)NCCc1ccc2c(c1)OCO2.I. The first-order valence-corrected chi connectivity index (χ1v) is 9.63. The van der Waals surface area contributed by atoms with Crippen LogP contribution in [-0.4, -0.2) is 32.4 Å². The Morgan fingerprint density at radius 1 is 1.23 bits per heavy atom. The first-order chi connectivity index (χ1) is 12.3. The lowest BCUT2D eigenvalue weighted by molar-refractivity contribution is 0.174. The lowest BCUT2D eigenvalue weighted by atomic mass is 10.1. The average molecular weight is 487 g/mol. The normalized spacial score (nSPS) is 13.8. The Hall–Kier alpha value is -1.48. The Labute approximate surface area is 176 Å². The fraction of sp³-hybridized carbons (Fsp3) is 0.421. The van der Waals surface area contributed by atoms with Crippen molar-refractivity contribution in [2.45, 2.75) is 26.2 Å². The van der Waals surface area contributed by atoms with E-state index in [-0.39, 0.29) is 24.0 Å². The molecule has 142 valence electrons. The number of nitrogens with zero attached hydrogens (tertiary/aromatic N) is 1. The number of ether oxygens (including phenoxy) is 2. The van der Waals surface area contributed by atoms with E-state index in [0.29, 0.717) is 12.7 Å². The molecule has 2 N–H and O–H groups in total. The van der Waals surface area contributed by atoms with E-state index in [0.717, 1.165) is 43.5 Å². The average Bonchev–Trinajstić information content (AvgIpc) is 3.30. The molecule has 3 rings (SSSR count). The van der Waals surface area contributed by atoms with Gasteiger partial charge in [0.1, 0.15) is 0 Å². The van der Waals surface area contributed by atoms with E-state index in [9.17, 15) is 0 Å². The maximum atomic E-state index is 5.43. The highest BCUT2D eigenvalue weighted by molar-refractivity contribution is 14.0. The van der Waals surface area contributed by atoms with Crippen LogP contribution in [0.5, 0.6) is 11.5 Å². The van der Waals surface area contributed by atoms with Crippen molar-refractivity contribution in [2.24, 2.45) is 4.99 Å². The fourth-order valence-corrected chi connectivity index (χ4v) is 3.43. The molecule has 0 amide bonds. The molecule has 1 unspecified atom stereocenters. The monoisotopic (exact) mass is 487 g/mol. The van der Waals surface area contributed by atoms with Gasteiger partial charge in [-0.2, -0.15) is 11.3 Å². The molecule has 1 aliphatic rings. The third-order valence-electron chi connectivity index (χ3n) is 4.12. The van der Waals surface area contributed by atoms with E-state index >= 15 is 0 Å². The first-order valence-electron chi connectivity index (χ1n) is 8.69. The van der Waals surface area contributed by atoms with Gasteiger partial charge in [0.2, 0.25) is 6.79 Å². The third-order valence-corrected chi connectivity index (χ3v) is 4.82. The van der Waals surface area contributed by atoms with Crippen molar-refractivity contribution in [3.05, 3.63) is 46.2 Å².